The first-order chi connectivity index (χ1) is 9.11. The standard InChI is InChI=1S/C15H15FN2O/c1-2-10-5-3-4-6-12(10)15(19)18-14-9-11(17)7-8-13(14)16/h3-9H,2,17H2,1H3,(H,18,19). The van der Waals surface area contributed by atoms with E-state index in [-0.39, 0.29) is 11.6 Å². The maximum atomic E-state index is 13.6. The van der Waals surface area contributed by atoms with Crippen molar-refractivity contribution in [2.24, 2.45) is 0 Å². The van der Waals surface area contributed by atoms with Crippen molar-refractivity contribution in [2.75, 3.05) is 11.1 Å². The van der Waals surface area contributed by atoms with Gasteiger partial charge in [-0.05, 0) is 36.2 Å². The number of nitrogens with one attached hydrogen (secondary N) is 1. The molecule has 3 nitrogen and oxygen atoms in total. The summed E-state index contributed by atoms with van der Waals surface area (Å²) in [5.74, 6) is -0.835. The molecule has 0 saturated heterocycles. The number of hydrogen-bond donors (Lipinski definition) is 2. The number of rotatable bonds is 3. The number of amides is 1. The van der Waals surface area contributed by atoms with Gasteiger partial charge in [0, 0.05) is 11.3 Å². The Balaban J connectivity index is 2.28. The predicted molar refractivity (Wildman–Crippen MR) is 74.6 cm³/mol. The van der Waals surface area contributed by atoms with Gasteiger partial charge in [-0.2, -0.15) is 0 Å². The van der Waals surface area contributed by atoms with Crippen molar-refractivity contribution in [3.63, 3.8) is 0 Å². The van der Waals surface area contributed by atoms with Crippen molar-refractivity contribution >= 4 is 17.3 Å². The zero-order valence-corrected chi connectivity index (χ0v) is 10.6. The molecule has 0 radical (unpaired) electrons. The third-order valence-corrected chi connectivity index (χ3v) is 2.88. The van der Waals surface area contributed by atoms with Gasteiger partial charge in [0.1, 0.15) is 5.82 Å². The second-order valence-electron chi connectivity index (χ2n) is 4.20. The minimum atomic E-state index is -0.503. The molecule has 4 heteroatoms. The summed E-state index contributed by atoms with van der Waals surface area (Å²) < 4.78 is 13.6. The summed E-state index contributed by atoms with van der Waals surface area (Å²) in [6.45, 7) is 1.97. The molecule has 0 bridgehead atoms. The fraction of sp³-hybridized carbons (Fsp3) is 0.133. The van der Waals surface area contributed by atoms with Gasteiger partial charge in [0.25, 0.3) is 5.91 Å². The minimum Gasteiger partial charge on any atom is -0.399 e. The van der Waals surface area contributed by atoms with Gasteiger partial charge in [-0.15, -0.1) is 0 Å². The second-order valence-corrected chi connectivity index (χ2v) is 4.20. The Morgan fingerprint density at radius 1 is 1.26 bits per heavy atom. The molecule has 0 aliphatic rings. The third kappa shape index (κ3) is 2.91. The van der Waals surface area contributed by atoms with E-state index >= 15 is 0 Å². The molecule has 0 aromatic heterocycles. The molecule has 2 aromatic carbocycles. The van der Waals surface area contributed by atoms with Crippen LogP contribution >= 0.6 is 0 Å². The SMILES string of the molecule is CCc1ccccc1C(=O)Nc1cc(N)ccc1F. The number of nitrogen functional groups attached to an aromatic ring is 1. The van der Waals surface area contributed by atoms with Crippen molar-refractivity contribution in [2.45, 2.75) is 13.3 Å². The lowest BCUT2D eigenvalue weighted by atomic mass is 10.0. The third-order valence-electron chi connectivity index (χ3n) is 2.88. The molecule has 3 N–H and O–H groups in total. The summed E-state index contributed by atoms with van der Waals surface area (Å²) in [4.78, 5) is 12.1. The highest BCUT2D eigenvalue weighted by Gasteiger charge is 2.12. The fourth-order valence-corrected chi connectivity index (χ4v) is 1.88. The molecule has 0 fully saturated rings. The molecule has 0 aliphatic heterocycles. The van der Waals surface area contributed by atoms with E-state index in [9.17, 15) is 9.18 Å². The van der Waals surface area contributed by atoms with E-state index in [1.165, 1.54) is 18.2 Å². The van der Waals surface area contributed by atoms with Gasteiger partial charge < -0.3 is 11.1 Å². The fourth-order valence-electron chi connectivity index (χ4n) is 1.88. The molecular formula is C15H15FN2O. The highest BCUT2D eigenvalue weighted by Crippen LogP contribution is 2.19. The largest absolute Gasteiger partial charge is 0.399 e. The van der Waals surface area contributed by atoms with E-state index in [0.29, 0.717) is 11.3 Å². The molecule has 1 amide bonds. The number of carbonyl (C=O) groups excluding carboxylic acids is 1. The molecule has 98 valence electrons. The van der Waals surface area contributed by atoms with Gasteiger partial charge in [0.2, 0.25) is 0 Å². The lowest BCUT2D eigenvalue weighted by Crippen LogP contribution is -2.15. The molecule has 19 heavy (non-hydrogen) atoms. The van der Waals surface area contributed by atoms with E-state index < -0.39 is 5.82 Å². The average Bonchev–Trinajstić information content (AvgIpc) is 2.42. The molecule has 0 spiro atoms. The lowest BCUT2D eigenvalue weighted by molar-refractivity contribution is 0.102. The second kappa shape index (κ2) is 5.52. The topological polar surface area (TPSA) is 55.1 Å². The highest BCUT2D eigenvalue weighted by atomic mass is 19.1. The highest BCUT2D eigenvalue weighted by molar-refractivity contribution is 6.05. The van der Waals surface area contributed by atoms with Crippen LogP contribution < -0.4 is 11.1 Å². The van der Waals surface area contributed by atoms with Crippen LogP contribution in [0.3, 0.4) is 0 Å². The molecule has 2 rings (SSSR count). The Labute approximate surface area is 111 Å². The lowest BCUT2D eigenvalue weighted by Gasteiger charge is -2.10. The Kier molecular flexibility index (Phi) is 3.80. The first kappa shape index (κ1) is 13.1. The Morgan fingerprint density at radius 2 is 2.00 bits per heavy atom. The Hall–Kier alpha value is -2.36. The number of benzene rings is 2. The van der Waals surface area contributed by atoms with Crippen LogP contribution in [0.25, 0.3) is 0 Å². The van der Waals surface area contributed by atoms with Crippen molar-refractivity contribution in [1.82, 2.24) is 0 Å². The van der Waals surface area contributed by atoms with Crippen LogP contribution in [-0.2, 0) is 6.42 Å². The van der Waals surface area contributed by atoms with Crippen LogP contribution in [0.5, 0.6) is 0 Å². The average molecular weight is 258 g/mol. The predicted octanol–water partition coefficient (Wildman–Crippen LogP) is 3.22. The van der Waals surface area contributed by atoms with Crippen LogP contribution in [-0.4, -0.2) is 5.91 Å². The quantitative estimate of drug-likeness (QED) is 0.830. The normalized spacial score (nSPS) is 10.2. The maximum Gasteiger partial charge on any atom is 0.256 e. The summed E-state index contributed by atoms with van der Waals surface area (Å²) in [7, 11) is 0. The molecule has 0 aliphatic carbocycles. The van der Waals surface area contributed by atoms with Crippen LogP contribution in [0.1, 0.15) is 22.8 Å². The van der Waals surface area contributed by atoms with Gasteiger partial charge in [-0.25, -0.2) is 4.39 Å². The van der Waals surface area contributed by atoms with Gasteiger partial charge >= 0.3 is 0 Å². The Morgan fingerprint density at radius 3 is 2.74 bits per heavy atom. The zero-order valence-electron chi connectivity index (χ0n) is 10.6. The summed E-state index contributed by atoms with van der Waals surface area (Å²) in [6, 6.07) is 11.3. The van der Waals surface area contributed by atoms with Crippen LogP contribution in [0, 0.1) is 5.82 Å². The monoisotopic (exact) mass is 258 g/mol. The van der Waals surface area contributed by atoms with Gasteiger partial charge in [-0.1, -0.05) is 25.1 Å². The first-order valence-corrected chi connectivity index (χ1v) is 6.06. The van der Waals surface area contributed by atoms with Crippen LogP contribution in [0.2, 0.25) is 0 Å². The number of halogens is 1. The first-order valence-electron chi connectivity index (χ1n) is 6.06. The molecular weight excluding hydrogens is 243 g/mol. The van der Waals surface area contributed by atoms with Crippen LogP contribution in [0.4, 0.5) is 15.8 Å². The summed E-state index contributed by atoms with van der Waals surface area (Å²) in [5.41, 5.74) is 7.55. The molecule has 0 heterocycles. The van der Waals surface area contributed by atoms with Crippen molar-refractivity contribution in [1.29, 1.82) is 0 Å². The van der Waals surface area contributed by atoms with E-state index in [1.54, 1.807) is 12.1 Å². The number of carbonyl (C=O) groups is 1. The van der Waals surface area contributed by atoms with Gasteiger partial charge in [-0.3, -0.25) is 4.79 Å². The molecule has 0 atom stereocenters. The van der Waals surface area contributed by atoms with Crippen molar-refractivity contribution in [3.8, 4) is 0 Å². The molecule has 0 saturated carbocycles. The molecule has 2 aromatic rings. The summed E-state index contributed by atoms with van der Waals surface area (Å²) >= 11 is 0. The smallest absolute Gasteiger partial charge is 0.256 e. The number of nitrogens with two attached hydrogens (primary N) is 1. The van der Waals surface area contributed by atoms with Crippen LogP contribution in [0.15, 0.2) is 42.5 Å². The van der Waals surface area contributed by atoms with E-state index in [4.69, 9.17) is 5.73 Å². The molecule has 0 unspecified atom stereocenters. The van der Waals surface area contributed by atoms with Crippen molar-refractivity contribution < 1.29 is 9.18 Å². The zero-order chi connectivity index (χ0) is 13.8. The van der Waals surface area contributed by atoms with E-state index in [2.05, 4.69) is 5.32 Å². The summed E-state index contributed by atoms with van der Waals surface area (Å²) in [5, 5.41) is 2.55. The Bertz CT molecular complexity index is 611. The van der Waals surface area contributed by atoms with Gasteiger partial charge in [0.05, 0.1) is 5.69 Å². The maximum absolute atomic E-state index is 13.6. The number of hydrogen-bond acceptors (Lipinski definition) is 2. The van der Waals surface area contributed by atoms with Gasteiger partial charge in [0.15, 0.2) is 0 Å². The van der Waals surface area contributed by atoms with E-state index in [1.807, 2.05) is 19.1 Å². The summed E-state index contributed by atoms with van der Waals surface area (Å²) in [6.07, 6.45) is 0.739. The number of aryl methyl sites for hydroxylation is 1. The van der Waals surface area contributed by atoms with Crippen molar-refractivity contribution in [3.05, 3.63) is 59.4 Å². The number of anilines is 2. The minimum absolute atomic E-state index is 0.0934. The van der Waals surface area contributed by atoms with E-state index in [0.717, 1.165) is 12.0 Å².